The molecule has 73 heavy (non-hydrogen) atoms. The van der Waals surface area contributed by atoms with Crippen LogP contribution in [0.4, 0.5) is 0 Å². The van der Waals surface area contributed by atoms with Gasteiger partial charge in [0, 0.05) is 48.1 Å². The summed E-state index contributed by atoms with van der Waals surface area (Å²) >= 11 is 8.21. The molecule has 2 aromatic rings. The van der Waals surface area contributed by atoms with Crippen molar-refractivity contribution in [2.75, 3.05) is 31.1 Å². The number of aliphatic carboxylic acids is 2. The Bertz CT molecular complexity index is 2260. The third kappa shape index (κ3) is 22.2. The molecule has 0 aliphatic heterocycles. The molecule has 0 saturated carbocycles. The summed E-state index contributed by atoms with van der Waals surface area (Å²) in [6.07, 6.45) is 0.960. The van der Waals surface area contributed by atoms with Crippen LogP contribution in [0.25, 0.3) is 10.9 Å². The molecule has 0 bridgehead atoms. The predicted octanol–water partition coefficient (Wildman–Crippen LogP) is -4.26. The summed E-state index contributed by atoms with van der Waals surface area (Å²) < 4.78 is 0. The van der Waals surface area contributed by atoms with Crippen LogP contribution in [0, 0.1) is 5.92 Å². The van der Waals surface area contributed by atoms with Gasteiger partial charge in [-0.25, -0.2) is 4.79 Å². The molecular formula is C44H72N16O11S2. The largest absolute Gasteiger partial charge is 0.481 e. The number of nitrogens with one attached hydrogen (secondary N) is 8. The van der Waals surface area contributed by atoms with E-state index < -0.39 is 114 Å². The van der Waals surface area contributed by atoms with Gasteiger partial charge >= 0.3 is 11.9 Å². The van der Waals surface area contributed by atoms with Crippen molar-refractivity contribution >= 4 is 101 Å². The number of para-hydroxylation sites is 1. The van der Waals surface area contributed by atoms with Crippen molar-refractivity contribution in [1.82, 2.24) is 42.2 Å². The number of thiol groups is 2. The van der Waals surface area contributed by atoms with E-state index in [0.717, 1.165) is 10.9 Å². The lowest BCUT2D eigenvalue weighted by Crippen LogP contribution is -2.61. The van der Waals surface area contributed by atoms with Crippen molar-refractivity contribution in [2.45, 2.75) is 120 Å². The van der Waals surface area contributed by atoms with Crippen LogP contribution < -0.4 is 71.6 Å². The number of hydrogen-bond acceptors (Lipinski definition) is 15. The third-order valence-corrected chi connectivity index (χ3v) is 11.8. The quantitative estimate of drug-likeness (QED) is 0.0137. The van der Waals surface area contributed by atoms with Gasteiger partial charge in [-0.3, -0.25) is 48.3 Å². The molecule has 27 nitrogen and oxygen atoms in total. The average molecular weight is 1070 g/mol. The SMILES string of the molecule is CC(C)[C@H](NC(=O)[C@@H](N)CS)C(=O)N[C@@H](CS)C(=O)N[C@@H](CCCN=C(N)N)C(=O)N[C@@H](CC(=O)O)C(=O)N[C@@H](CCCN=C(N)N)C(=O)N[C@@H](CCCCN)C(=O)N[C@@H](Cc1c[nH]c2ccccc12)C(=O)O. The Hall–Kier alpha value is -6.85. The van der Waals surface area contributed by atoms with E-state index in [2.05, 4.69) is 77.4 Å². The number of benzene rings is 1. The molecule has 1 aromatic carbocycles. The highest BCUT2D eigenvalue weighted by Gasteiger charge is 2.35. The van der Waals surface area contributed by atoms with Gasteiger partial charge in [0.2, 0.25) is 41.4 Å². The van der Waals surface area contributed by atoms with E-state index in [1.165, 1.54) is 0 Å². The van der Waals surface area contributed by atoms with Crippen molar-refractivity contribution in [1.29, 1.82) is 0 Å². The molecule has 0 spiro atoms. The Morgan fingerprint density at radius 3 is 1.53 bits per heavy atom. The van der Waals surface area contributed by atoms with Crippen LogP contribution >= 0.6 is 25.3 Å². The first kappa shape index (κ1) is 62.3. The summed E-state index contributed by atoms with van der Waals surface area (Å²) in [5.41, 5.74) is 34.7. The smallest absolute Gasteiger partial charge is 0.326 e. The van der Waals surface area contributed by atoms with Crippen LogP contribution in [-0.4, -0.2) is 160 Å². The standard InChI is InChI=1S/C44H72N16O11S2/c1-22(2)34(60-35(63)25(46)20-72)41(69)59-32(21-73)40(68)56-29(13-8-16-52-44(49)50)37(65)57-30(18-33(61)62)39(67)55-28(12-7-15-51-43(47)48)36(64)54-27(11-5-6-14-45)38(66)58-31(42(70)71)17-23-19-53-26-10-4-3-9-24(23)26/h3-4,9-10,19,22,25,27-32,34,53,72-73H,5-8,11-18,20-21,45-46H2,1-2H3,(H,54,64)(H,55,67)(H,56,68)(H,57,65)(H,58,66)(H,59,69)(H,60,63)(H,61,62)(H,70,71)(H4,47,48,51)(H4,49,50,52)/t25-,27-,28-,29-,30-,31-,32-,34-/m0/s1. The van der Waals surface area contributed by atoms with Crippen LogP contribution in [0.5, 0.6) is 0 Å². The molecule has 8 atom stereocenters. The number of carbonyl (C=O) groups is 9. The molecule has 2 rings (SSSR count). The number of carbonyl (C=O) groups excluding carboxylic acids is 7. The Morgan fingerprint density at radius 2 is 1.07 bits per heavy atom. The summed E-state index contributed by atoms with van der Waals surface area (Å²) in [6, 6.07) is -4.11. The second-order valence-electron chi connectivity index (χ2n) is 17.3. The van der Waals surface area contributed by atoms with E-state index in [-0.39, 0.29) is 81.6 Å². The summed E-state index contributed by atoms with van der Waals surface area (Å²) in [5.74, 6) is -10.6. The number of carboxylic acids is 2. The minimum atomic E-state index is -1.89. The number of aromatic nitrogens is 1. The summed E-state index contributed by atoms with van der Waals surface area (Å²) in [6.45, 7) is 3.46. The van der Waals surface area contributed by atoms with Crippen LogP contribution in [0.2, 0.25) is 0 Å². The molecule has 0 fully saturated rings. The highest BCUT2D eigenvalue weighted by molar-refractivity contribution is 7.80. The van der Waals surface area contributed by atoms with Crippen LogP contribution in [0.15, 0.2) is 40.4 Å². The van der Waals surface area contributed by atoms with Crippen molar-refractivity contribution in [3.05, 3.63) is 36.0 Å². The molecule has 406 valence electrons. The number of aliphatic imine (C=N–C) groups is 2. The normalized spacial score (nSPS) is 14.3. The summed E-state index contributed by atoms with van der Waals surface area (Å²) in [7, 11) is 0. The van der Waals surface area contributed by atoms with Gasteiger partial charge in [0.1, 0.15) is 42.3 Å². The number of unbranched alkanes of at least 4 members (excludes halogenated alkanes) is 1. The number of aromatic amines is 1. The summed E-state index contributed by atoms with van der Waals surface area (Å²) in [5, 5.41) is 38.1. The second kappa shape index (κ2) is 32.3. The molecule has 0 aliphatic rings. The maximum atomic E-state index is 14.1. The van der Waals surface area contributed by atoms with Gasteiger partial charge in [0.15, 0.2) is 11.9 Å². The molecule has 0 unspecified atom stereocenters. The first-order valence-corrected chi connectivity index (χ1v) is 24.7. The maximum absolute atomic E-state index is 14.1. The molecule has 1 heterocycles. The highest BCUT2D eigenvalue weighted by atomic mass is 32.1. The topological polar surface area (TPSA) is 475 Å². The fraction of sp³-hybridized carbons (Fsp3) is 0.568. The van der Waals surface area contributed by atoms with E-state index in [0.29, 0.717) is 18.4 Å². The van der Waals surface area contributed by atoms with E-state index in [1.54, 1.807) is 44.3 Å². The Morgan fingerprint density at radius 1 is 0.603 bits per heavy atom. The number of guanidine groups is 2. The van der Waals surface area contributed by atoms with Crippen LogP contribution in [0.3, 0.4) is 0 Å². The van der Waals surface area contributed by atoms with Gasteiger partial charge in [-0.05, 0) is 69.0 Å². The lowest BCUT2D eigenvalue weighted by atomic mass is 10.0. The van der Waals surface area contributed by atoms with Crippen molar-refractivity contribution in [3.8, 4) is 0 Å². The van der Waals surface area contributed by atoms with Crippen LogP contribution in [0.1, 0.15) is 70.8 Å². The number of fused-ring (bicyclic) bond motifs is 1. The van der Waals surface area contributed by atoms with Gasteiger partial charge in [-0.2, -0.15) is 25.3 Å². The fourth-order valence-corrected chi connectivity index (χ4v) is 7.53. The number of nitrogens with two attached hydrogens (primary N) is 6. The zero-order valence-electron chi connectivity index (χ0n) is 40.8. The highest BCUT2D eigenvalue weighted by Crippen LogP contribution is 2.19. The number of amides is 7. The second-order valence-corrected chi connectivity index (χ2v) is 18.0. The van der Waals surface area contributed by atoms with Crippen molar-refractivity contribution in [3.63, 3.8) is 0 Å². The van der Waals surface area contributed by atoms with E-state index >= 15 is 0 Å². The van der Waals surface area contributed by atoms with Crippen molar-refractivity contribution < 1.29 is 53.4 Å². The van der Waals surface area contributed by atoms with Gasteiger partial charge in [-0.1, -0.05) is 32.0 Å². The molecule has 1 aromatic heterocycles. The molecule has 0 radical (unpaired) electrons. The number of carboxylic acid groups (broad SMARTS) is 2. The molecule has 0 aliphatic carbocycles. The van der Waals surface area contributed by atoms with Gasteiger partial charge in [0.05, 0.1) is 12.5 Å². The maximum Gasteiger partial charge on any atom is 0.326 e. The first-order chi connectivity index (χ1) is 34.5. The number of rotatable bonds is 34. The monoisotopic (exact) mass is 1060 g/mol. The lowest BCUT2D eigenvalue weighted by Gasteiger charge is -2.28. The van der Waals surface area contributed by atoms with Gasteiger partial charge < -0.3 is 86.8 Å². The zero-order valence-corrected chi connectivity index (χ0v) is 42.6. The third-order valence-electron chi connectivity index (χ3n) is 11.1. The van der Waals surface area contributed by atoms with Gasteiger partial charge in [-0.15, -0.1) is 0 Å². The minimum Gasteiger partial charge on any atom is -0.481 e. The lowest BCUT2D eigenvalue weighted by molar-refractivity contribution is -0.142. The fourth-order valence-electron chi connectivity index (χ4n) is 7.11. The average Bonchev–Trinajstić information content (AvgIpc) is 3.74. The number of H-pyrrole nitrogens is 1. The molecule has 22 N–H and O–H groups in total. The van der Waals surface area contributed by atoms with Gasteiger partial charge in [0.25, 0.3) is 0 Å². The zero-order chi connectivity index (χ0) is 54.8. The van der Waals surface area contributed by atoms with Crippen LogP contribution in [-0.2, 0) is 49.6 Å². The molecular weight excluding hydrogens is 993 g/mol. The summed E-state index contributed by atoms with van der Waals surface area (Å²) in [4.78, 5) is 131. The molecule has 29 heteroatoms. The Balaban J connectivity index is 2.43. The van der Waals surface area contributed by atoms with E-state index in [1.807, 2.05) is 0 Å². The Kier molecular flexibility index (Phi) is 27.5. The Labute approximate surface area is 432 Å². The number of hydrogen-bond donors (Lipinski definition) is 18. The van der Waals surface area contributed by atoms with E-state index in [9.17, 15) is 53.4 Å². The van der Waals surface area contributed by atoms with E-state index in [4.69, 9.17) is 34.4 Å². The predicted molar refractivity (Wildman–Crippen MR) is 279 cm³/mol. The first-order valence-electron chi connectivity index (χ1n) is 23.4. The van der Waals surface area contributed by atoms with Crippen molar-refractivity contribution in [2.24, 2.45) is 50.3 Å². The molecule has 7 amide bonds. The number of nitrogens with zero attached hydrogens (tertiary/aromatic N) is 2. The molecule has 0 saturated heterocycles. The minimum absolute atomic E-state index is 0.00536.